The standard InChI is InChI=1S/C10H8BrNO3/c11-7-1-2-8-6(3-7)4-9(12-8)15-5-10(13)14/h1-4,12H,5H2,(H,13,14). The predicted molar refractivity (Wildman–Crippen MR) is 59.1 cm³/mol. The molecule has 0 bridgehead atoms. The third kappa shape index (κ3) is 2.30. The first-order chi connectivity index (χ1) is 7.15. The van der Waals surface area contributed by atoms with E-state index in [4.69, 9.17) is 9.84 Å². The van der Waals surface area contributed by atoms with Gasteiger partial charge in [0.05, 0.1) is 0 Å². The predicted octanol–water partition coefficient (Wildman–Crippen LogP) is 2.39. The molecule has 0 aliphatic heterocycles. The smallest absolute Gasteiger partial charge is 0.341 e. The van der Waals surface area contributed by atoms with Crippen LogP contribution in [-0.4, -0.2) is 22.7 Å². The second kappa shape index (κ2) is 3.94. The van der Waals surface area contributed by atoms with E-state index in [1.165, 1.54) is 0 Å². The highest BCUT2D eigenvalue weighted by Gasteiger charge is 2.03. The van der Waals surface area contributed by atoms with Gasteiger partial charge in [-0.1, -0.05) is 15.9 Å². The molecule has 0 aliphatic rings. The fourth-order valence-corrected chi connectivity index (χ4v) is 1.67. The summed E-state index contributed by atoms with van der Waals surface area (Å²) in [4.78, 5) is 13.3. The molecule has 0 saturated carbocycles. The maximum Gasteiger partial charge on any atom is 0.341 e. The molecule has 0 unspecified atom stereocenters. The second-order valence-corrected chi connectivity index (χ2v) is 3.96. The van der Waals surface area contributed by atoms with Crippen molar-refractivity contribution in [3.8, 4) is 5.88 Å². The van der Waals surface area contributed by atoms with E-state index < -0.39 is 5.97 Å². The number of halogens is 1. The normalized spacial score (nSPS) is 10.5. The fourth-order valence-electron chi connectivity index (χ4n) is 1.29. The first-order valence-electron chi connectivity index (χ1n) is 4.28. The van der Waals surface area contributed by atoms with E-state index >= 15 is 0 Å². The fraction of sp³-hybridized carbons (Fsp3) is 0.100. The first kappa shape index (κ1) is 10.0. The van der Waals surface area contributed by atoms with Gasteiger partial charge in [0.2, 0.25) is 0 Å². The highest BCUT2D eigenvalue weighted by Crippen LogP contribution is 2.23. The number of benzene rings is 1. The molecule has 1 aromatic heterocycles. The number of aromatic amines is 1. The number of hydrogen-bond donors (Lipinski definition) is 2. The van der Waals surface area contributed by atoms with Crippen LogP contribution in [-0.2, 0) is 4.79 Å². The Morgan fingerprint density at radius 3 is 3.00 bits per heavy atom. The molecule has 1 heterocycles. The minimum atomic E-state index is -0.991. The van der Waals surface area contributed by atoms with Gasteiger partial charge < -0.3 is 14.8 Å². The molecular formula is C10H8BrNO3. The molecule has 2 aromatic rings. The van der Waals surface area contributed by atoms with Crippen LogP contribution in [0.15, 0.2) is 28.7 Å². The minimum Gasteiger partial charge on any atom is -0.479 e. The monoisotopic (exact) mass is 269 g/mol. The number of fused-ring (bicyclic) bond motifs is 1. The molecule has 0 amide bonds. The number of aromatic nitrogens is 1. The number of nitrogens with one attached hydrogen (secondary N) is 1. The summed E-state index contributed by atoms with van der Waals surface area (Å²) in [5, 5.41) is 9.42. The van der Waals surface area contributed by atoms with Crippen molar-refractivity contribution in [3.63, 3.8) is 0 Å². The highest BCUT2D eigenvalue weighted by molar-refractivity contribution is 9.10. The van der Waals surface area contributed by atoms with Crippen LogP contribution in [0.1, 0.15) is 0 Å². The molecule has 1 aromatic carbocycles. The van der Waals surface area contributed by atoms with Gasteiger partial charge in [0.25, 0.3) is 0 Å². The van der Waals surface area contributed by atoms with Crippen LogP contribution in [0.3, 0.4) is 0 Å². The Morgan fingerprint density at radius 2 is 2.27 bits per heavy atom. The molecule has 0 saturated heterocycles. The Hall–Kier alpha value is -1.49. The van der Waals surface area contributed by atoms with Crippen molar-refractivity contribution in [2.24, 2.45) is 0 Å². The third-order valence-corrected chi connectivity index (χ3v) is 2.40. The van der Waals surface area contributed by atoms with Gasteiger partial charge in [-0.2, -0.15) is 0 Å². The number of carboxylic acid groups (broad SMARTS) is 1. The van der Waals surface area contributed by atoms with E-state index in [1.54, 1.807) is 6.07 Å². The molecule has 78 valence electrons. The molecule has 4 nitrogen and oxygen atoms in total. The molecule has 2 rings (SSSR count). The van der Waals surface area contributed by atoms with Crippen molar-refractivity contribution in [1.29, 1.82) is 0 Å². The molecule has 0 spiro atoms. The summed E-state index contributed by atoms with van der Waals surface area (Å²) in [5.74, 6) is -0.527. The van der Waals surface area contributed by atoms with Gasteiger partial charge in [-0.05, 0) is 18.2 Å². The average Bonchev–Trinajstić information content (AvgIpc) is 2.56. The topological polar surface area (TPSA) is 62.3 Å². The van der Waals surface area contributed by atoms with Crippen molar-refractivity contribution in [3.05, 3.63) is 28.7 Å². The van der Waals surface area contributed by atoms with E-state index in [9.17, 15) is 4.79 Å². The lowest BCUT2D eigenvalue weighted by Gasteiger charge is -1.96. The van der Waals surface area contributed by atoms with Crippen molar-refractivity contribution >= 4 is 32.8 Å². The zero-order valence-corrected chi connectivity index (χ0v) is 9.24. The molecule has 5 heteroatoms. The van der Waals surface area contributed by atoms with Crippen molar-refractivity contribution in [1.82, 2.24) is 4.98 Å². The minimum absolute atomic E-state index is 0.339. The quantitative estimate of drug-likeness (QED) is 0.900. The Labute approximate surface area is 94.0 Å². The van der Waals surface area contributed by atoms with Gasteiger partial charge in [-0.25, -0.2) is 4.79 Å². The van der Waals surface area contributed by atoms with Crippen molar-refractivity contribution in [2.45, 2.75) is 0 Å². The van der Waals surface area contributed by atoms with Crippen LogP contribution in [0.5, 0.6) is 5.88 Å². The maximum atomic E-state index is 10.3. The first-order valence-corrected chi connectivity index (χ1v) is 5.07. The molecule has 0 radical (unpaired) electrons. The number of carbonyl (C=O) groups is 1. The summed E-state index contributed by atoms with van der Waals surface area (Å²) in [6.45, 7) is -0.339. The number of ether oxygens (including phenoxy) is 1. The largest absolute Gasteiger partial charge is 0.479 e. The van der Waals surface area contributed by atoms with Gasteiger partial charge in [0.1, 0.15) is 0 Å². The molecule has 0 atom stereocenters. The van der Waals surface area contributed by atoms with E-state index in [0.717, 1.165) is 15.4 Å². The summed E-state index contributed by atoms with van der Waals surface area (Å²) in [6, 6.07) is 7.50. The zero-order valence-electron chi connectivity index (χ0n) is 7.66. The summed E-state index contributed by atoms with van der Waals surface area (Å²) in [7, 11) is 0. The molecule has 0 fully saturated rings. The van der Waals surface area contributed by atoms with E-state index in [1.807, 2.05) is 18.2 Å². The Bertz CT molecular complexity index is 506. The van der Waals surface area contributed by atoms with Crippen LogP contribution >= 0.6 is 15.9 Å². The van der Waals surface area contributed by atoms with Crippen LogP contribution in [0.4, 0.5) is 0 Å². The number of aliphatic carboxylic acids is 1. The van der Waals surface area contributed by atoms with Crippen molar-refractivity contribution < 1.29 is 14.6 Å². The third-order valence-electron chi connectivity index (χ3n) is 1.91. The summed E-state index contributed by atoms with van der Waals surface area (Å²) >= 11 is 3.36. The number of H-pyrrole nitrogens is 1. The lowest BCUT2D eigenvalue weighted by Crippen LogP contribution is -2.09. The van der Waals surface area contributed by atoms with Crippen LogP contribution in [0.2, 0.25) is 0 Å². The van der Waals surface area contributed by atoms with Gasteiger partial charge in [0, 0.05) is 21.4 Å². The maximum absolute atomic E-state index is 10.3. The zero-order chi connectivity index (χ0) is 10.8. The van der Waals surface area contributed by atoms with Gasteiger partial charge in [0.15, 0.2) is 12.5 Å². The molecule has 15 heavy (non-hydrogen) atoms. The molecule has 0 aliphatic carbocycles. The Balaban J connectivity index is 2.27. The number of carboxylic acids is 1. The molecule has 2 N–H and O–H groups in total. The SMILES string of the molecule is O=C(O)COc1cc2cc(Br)ccc2[nH]1. The van der Waals surface area contributed by atoms with Crippen LogP contribution in [0.25, 0.3) is 10.9 Å². The van der Waals surface area contributed by atoms with Gasteiger partial charge >= 0.3 is 5.97 Å². The van der Waals surface area contributed by atoms with E-state index in [-0.39, 0.29) is 6.61 Å². The van der Waals surface area contributed by atoms with Gasteiger partial charge in [-0.15, -0.1) is 0 Å². The lowest BCUT2D eigenvalue weighted by atomic mass is 10.2. The lowest BCUT2D eigenvalue weighted by molar-refractivity contribution is -0.139. The summed E-state index contributed by atoms with van der Waals surface area (Å²) in [5.41, 5.74) is 0.915. The average molecular weight is 270 g/mol. The van der Waals surface area contributed by atoms with E-state index in [2.05, 4.69) is 20.9 Å². The highest BCUT2D eigenvalue weighted by atomic mass is 79.9. The van der Waals surface area contributed by atoms with Crippen LogP contribution in [0, 0.1) is 0 Å². The summed E-state index contributed by atoms with van der Waals surface area (Å²) < 4.78 is 5.99. The number of rotatable bonds is 3. The van der Waals surface area contributed by atoms with E-state index in [0.29, 0.717) is 5.88 Å². The van der Waals surface area contributed by atoms with Crippen LogP contribution < -0.4 is 4.74 Å². The molecular weight excluding hydrogens is 262 g/mol. The Morgan fingerprint density at radius 1 is 1.47 bits per heavy atom. The van der Waals surface area contributed by atoms with Crippen molar-refractivity contribution in [2.75, 3.05) is 6.61 Å². The second-order valence-electron chi connectivity index (χ2n) is 3.05. The summed E-state index contributed by atoms with van der Waals surface area (Å²) in [6.07, 6.45) is 0. The number of hydrogen-bond acceptors (Lipinski definition) is 2. The van der Waals surface area contributed by atoms with Gasteiger partial charge in [-0.3, -0.25) is 0 Å². The Kier molecular flexibility index (Phi) is 2.64.